The van der Waals surface area contributed by atoms with Gasteiger partial charge in [0, 0.05) is 13.1 Å². The van der Waals surface area contributed by atoms with Gasteiger partial charge in [-0.1, -0.05) is 0 Å². The van der Waals surface area contributed by atoms with Gasteiger partial charge in [0.15, 0.2) is 11.4 Å². The quantitative estimate of drug-likeness (QED) is 0.508. The average molecular weight is 227 g/mol. The van der Waals surface area contributed by atoms with Gasteiger partial charge in [-0.2, -0.15) is 5.26 Å². The maximum Gasteiger partial charge on any atom is 0.176 e. The molecule has 0 saturated carbocycles. The second-order valence-corrected chi connectivity index (χ2v) is 4.11. The minimum Gasteiger partial charge on any atom is -0.392 e. The molecule has 1 heterocycles. The number of methoxy groups -OCH3 is 1. The van der Waals surface area contributed by atoms with Gasteiger partial charge in [0.05, 0.1) is 6.61 Å². The molecular weight excluding hydrogens is 209 g/mol. The molecule has 2 unspecified atom stereocenters. The Bertz CT molecular complexity index is 248. The van der Waals surface area contributed by atoms with Gasteiger partial charge in [0.2, 0.25) is 0 Å². The Morgan fingerprint density at radius 3 is 2.31 bits per heavy atom. The highest BCUT2D eigenvalue weighted by molar-refractivity contribution is 6.11. The van der Waals surface area contributed by atoms with Gasteiger partial charge in [-0.15, -0.1) is 0 Å². The molecule has 1 saturated heterocycles. The smallest absolute Gasteiger partial charge is 0.176 e. The lowest BCUT2D eigenvalue weighted by atomic mass is 9.95. The fourth-order valence-electron chi connectivity index (χ4n) is 1.02. The lowest BCUT2D eigenvalue weighted by Gasteiger charge is -2.17. The fourth-order valence-corrected chi connectivity index (χ4v) is 1.02. The van der Waals surface area contributed by atoms with Crippen LogP contribution in [0.15, 0.2) is 0 Å². The zero-order valence-corrected chi connectivity index (χ0v) is 9.93. The predicted octanol–water partition coefficient (Wildman–Crippen LogP) is -0.0927. The molecule has 0 aliphatic carbocycles. The summed E-state index contributed by atoms with van der Waals surface area (Å²) in [5, 5.41) is 25.9. The Morgan fingerprint density at radius 2 is 2.19 bits per heavy atom. The number of hydrogen-bond acceptors (Lipinski definition) is 5. The van der Waals surface area contributed by atoms with E-state index in [2.05, 4.69) is 4.74 Å². The zero-order valence-electron chi connectivity index (χ0n) is 9.93. The van der Waals surface area contributed by atoms with Crippen LogP contribution in [0.4, 0.5) is 0 Å². The summed E-state index contributed by atoms with van der Waals surface area (Å²) in [5.41, 5.74) is -1.01. The van der Waals surface area contributed by atoms with Crippen LogP contribution in [0.2, 0.25) is 0 Å². The third-order valence-corrected chi connectivity index (χ3v) is 2.17. The van der Waals surface area contributed by atoms with Crippen molar-refractivity contribution in [2.75, 3.05) is 13.7 Å². The van der Waals surface area contributed by atoms with E-state index in [4.69, 9.17) is 28.1 Å². The van der Waals surface area contributed by atoms with E-state index >= 15 is 0 Å². The SMILES string of the molecule is COC(C)(C)O.[B]C1CCC(C#N)(CO)O1. The Morgan fingerprint density at radius 1 is 1.69 bits per heavy atom. The molecule has 0 aromatic carbocycles. The summed E-state index contributed by atoms with van der Waals surface area (Å²) < 4.78 is 9.51. The first-order valence-corrected chi connectivity index (χ1v) is 5.01. The average Bonchev–Trinajstić information content (AvgIpc) is 2.61. The Kier molecular flexibility index (Phi) is 5.97. The van der Waals surface area contributed by atoms with Gasteiger partial charge in [0.1, 0.15) is 13.9 Å². The van der Waals surface area contributed by atoms with E-state index < -0.39 is 11.4 Å². The van der Waals surface area contributed by atoms with E-state index in [9.17, 15) is 0 Å². The second-order valence-electron chi connectivity index (χ2n) is 4.11. The largest absolute Gasteiger partial charge is 0.392 e. The molecule has 90 valence electrons. The van der Waals surface area contributed by atoms with Gasteiger partial charge in [-0.3, -0.25) is 0 Å². The molecule has 2 atom stereocenters. The molecule has 1 aliphatic rings. The highest BCUT2D eigenvalue weighted by Crippen LogP contribution is 2.27. The van der Waals surface area contributed by atoms with Crippen LogP contribution in [0.3, 0.4) is 0 Å². The number of nitrogens with zero attached hydrogens (tertiary/aromatic N) is 1. The standard InChI is InChI=1S/C6H8BNO2.C4H10O2/c7-5-1-2-6(3-8,4-9)10-5;1-4(2,5)6-3/h5,9H,1-2,4H2;5H,1-3H3. The monoisotopic (exact) mass is 227 g/mol. The number of aliphatic hydroxyl groups excluding tert-OH is 1. The number of aliphatic hydroxyl groups is 2. The first-order valence-electron chi connectivity index (χ1n) is 5.01. The molecule has 1 fully saturated rings. The molecule has 0 aromatic rings. The summed E-state index contributed by atoms with van der Waals surface area (Å²) in [7, 11) is 6.84. The predicted molar refractivity (Wildman–Crippen MR) is 58.6 cm³/mol. The van der Waals surface area contributed by atoms with Crippen LogP contribution in [-0.4, -0.2) is 49.2 Å². The summed E-state index contributed by atoms with van der Waals surface area (Å²) in [6.07, 6.45) is 1.18. The zero-order chi connectivity index (χ0) is 12.8. The van der Waals surface area contributed by atoms with Crippen molar-refractivity contribution in [3.8, 4) is 6.07 Å². The highest BCUT2D eigenvalue weighted by Gasteiger charge is 2.37. The van der Waals surface area contributed by atoms with Crippen molar-refractivity contribution in [1.82, 2.24) is 0 Å². The third-order valence-electron chi connectivity index (χ3n) is 2.17. The maximum atomic E-state index is 8.73. The Hall–Kier alpha value is -0.605. The van der Waals surface area contributed by atoms with E-state index in [1.807, 2.05) is 6.07 Å². The van der Waals surface area contributed by atoms with Crippen LogP contribution in [0, 0.1) is 11.3 Å². The summed E-state index contributed by atoms with van der Waals surface area (Å²) in [6.45, 7) is 2.89. The Balaban J connectivity index is 0.000000325. The van der Waals surface area contributed by atoms with Crippen molar-refractivity contribution in [2.24, 2.45) is 0 Å². The molecule has 0 bridgehead atoms. The molecule has 1 rings (SSSR count). The molecule has 0 amide bonds. The van der Waals surface area contributed by atoms with Crippen LogP contribution in [0.25, 0.3) is 0 Å². The molecule has 16 heavy (non-hydrogen) atoms. The first kappa shape index (κ1) is 15.4. The van der Waals surface area contributed by atoms with Crippen LogP contribution < -0.4 is 0 Å². The van der Waals surface area contributed by atoms with Crippen molar-refractivity contribution in [2.45, 2.75) is 44.1 Å². The lowest BCUT2D eigenvalue weighted by Crippen LogP contribution is -2.31. The molecule has 5 nitrogen and oxygen atoms in total. The van der Waals surface area contributed by atoms with Gasteiger partial charge in [-0.25, -0.2) is 0 Å². The van der Waals surface area contributed by atoms with Crippen molar-refractivity contribution in [3.05, 3.63) is 0 Å². The molecule has 2 N–H and O–H groups in total. The summed E-state index contributed by atoms with van der Waals surface area (Å²) >= 11 is 0. The summed E-state index contributed by atoms with van der Waals surface area (Å²) in [6, 6.07) is 1.52. The minimum absolute atomic E-state index is 0.267. The van der Waals surface area contributed by atoms with E-state index in [0.717, 1.165) is 0 Å². The van der Waals surface area contributed by atoms with E-state index in [1.165, 1.54) is 7.11 Å². The van der Waals surface area contributed by atoms with E-state index in [-0.39, 0.29) is 12.6 Å². The van der Waals surface area contributed by atoms with Crippen LogP contribution >= 0.6 is 0 Å². The number of rotatable bonds is 2. The molecule has 6 heteroatoms. The molecular formula is C10H18BNO4. The van der Waals surface area contributed by atoms with E-state index in [0.29, 0.717) is 12.8 Å². The molecule has 1 aliphatic heterocycles. The number of hydrogen-bond donors (Lipinski definition) is 2. The molecule has 0 spiro atoms. The van der Waals surface area contributed by atoms with E-state index in [1.54, 1.807) is 13.8 Å². The molecule has 2 radical (unpaired) electrons. The fraction of sp³-hybridized carbons (Fsp3) is 0.900. The molecule has 0 aromatic heterocycles. The first-order chi connectivity index (χ1) is 7.28. The van der Waals surface area contributed by atoms with Crippen molar-refractivity contribution >= 4 is 7.85 Å². The van der Waals surface area contributed by atoms with Gasteiger partial charge < -0.3 is 19.7 Å². The maximum absolute atomic E-state index is 8.73. The minimum atomic E-state index is -1.01. The lowest BCUT2D eigenvalue weighted by molar-refractivity contribution is -0.155. The van der Waals surface area contributed by atoms with Gasteiger partial charge >= 0.3 is 0 Å². The summed E-state index contributed by atoms with van der Waals surface area (Å²) in [5.74, 6) is -0.958. The van der Waals surface area contributed by atoms with Crippen LogP contribution in [0.1, 0.15) is 26.7 Å². The van der Waals surface area contributed by atoms with Gasteiger partial charge in [-0.05, 0) is 26.7 Å². The van der Waals surface area contributed by atoms with Crippen LogP contribution in [0.5, 0.6) is 0 Å². The van der Waals surface area contributed by atoms with Crippen molar-refractivity contribution < 1.29 is 19.7 Å². The normalized spacial score (nSPS) is 29.1. The van der Waals surface area contributed by atoms with Crippen molar-refractivity contribution in [1.29, 1.82) is 5.26 Å². The van der Waals surface area contributed by atoms with Crippen molar-refractivity contribution in [3.63, 3.8) is 0 Å². The topological polar surface area (TPSA) is 82.7 Å². The number of nitriles is 1. The summed E-state index contributed by atoms with van der Waals surface area (Å²) in [4.78, 5) is 0. The Labute approximate surface area is 97.4 Å². The van der Waals surface area contributed by atoms with Crippen LogP contribution in [-0.2, 0) is 9.47 Å². The second kappa shape index (κ2) is 6.21. The number of ether oxygens (including phenoxy) is 2. The van der Waals surface area contributed by atoms with Gasteiger partial charge in [0.25, 0.3) is 0 Å². The third kappa shape index (κ3) is 5.47. The highest BCUT2D eigenvalue weighted by atomic mass is 16.6.